The van der Waals surface area contributed by atoms with Crippen LogP contribution in [0, 0.1) is 0 Å². The zero-order chi connectivity index (χ0) is 13.0. The van der Waals surface area contributed by atoms with Crippen LogP contribution < -0.4 is 10.6 Å². The van der Waals surface area contributed by atoms with Gasteiger partial charge in [-0.05, 0) is 29.3 Å². The van der Waals surface area contributed by atoms with Crippen molar-refractivity contribution in [2.24, 2.45) is 5.73 Å². The van der Waals surface area contributed by atoms with E-state index in [9.17, 15) is 0 Å². The topological polar surface area (TPSA) is 42.2 Å². The van der Waals surface area contributed by atoms with Crippen LogP contribution in [0.1, 0.15) is 11.1 Å². The minimum Gasteiger partial charge on any atom is -0.370 e. The van der Waals surface area contributed by atoms with Gasteiger partial charge in [-0.25, -0.2) is 0 Å². The predicted octanol–water partition coefficient (Wildman–Crippen LogP) is 2.94. The van der Waals surface area contributed by atoms with Gasteiger partial charge in [0.15, 0.2) is 0 Å². The Bertz CT molecular complexity index is 514. The van der Waals surface area contributed by atoms with Gasteiger partial charge in [0.2, 0.25) is 0 Å². The molecule has 1 heterocycles. The molecular weight excluding hydrogens is 290 g/mol. The Labute approximate surface area is 116 Å². The fraction of sp³-hybridized carbons (Fsp3) is 0.214. The van der Waals surface area contributed by atoms with Crippen molar-refractivity contribution < 1.29 is 0 Å². The number of nitrogens with two attached hydrogens (primary N) is 1. The van der Waals surface area contributed by atoms with E-state index in [0.717, 1.165) is 22.3 Å². The van der Waals surface area contributed by atoms with Crippen molar-refractivity contribution in [2.45, 2.75) is 13.1 Å². The molecular formula is C14H16BrN3. The summed E-state index contributed by atoms with van der Waals surface area (Å²) in [6, 6.07) is 10.3. The van der Waals surface area contributed by atoms with Crippen LogP contribution in [0.2, 0.25) is 0 Å². The summed E-state index contributed by atoms with van der Waals surface area (Å²) in [7, 11) is 2.07. The zero-order valence-electron chi connectivity index (χ0n) is 10.3. The fourth-order valence-electron chi connectivity index (χ4n) is 1.80. The molecule has 3 nitrogen and oxygen atoms in total. The number of hydrogen-bond acceptors (Lipinski definition) is 3. The third kappa shape index (κ3) is 3.09. The van der Waals surface area contributed by atoms with E-state index in [4.69, 9.17) is 5.73 Å². The normalized spacial score (nSPS) is 10.4. The molecule has 0 aliphatic heterocycles. The lowest BCUT2D eigenvalue weighted by molar-refractivity contribution is 0.912. The summed E-state index contributed by atoms with van der Waals surface area (Å²) in [5.74, 6) is 0. The molecule has 94 valence electrons. The van der Waals surface area contributed by atoms with E-state index in [1.807, 2.05) is 12.3 Å². The average Bonchev–Trinajstić information content (AvgIpc) is 2.39. The Morgan fingerprint density at radius 1 is 1.33 bits per heavy atom. The molecule has 1 aromatic carbocycles. The summed E-state index contributed by atoms with van der Waals surface area (Å²) in [6.45, 7) is 1.38. The number of nitrogens with zero attached hydrogens (tertiary/aromatic N) is 2. The number of anilines is 1. The lowest BCUT2D eigenvalue weighted by Crippen LogP contribution is -2.16. The van der Waals surface area contributed by atoms with Gasteiger partial charge in [0, 0.05) is 42.7 Å². The number of aromatic nitrogens is 1. The Hall–Kier alpha value is -1.39. The molecule has 4 heteroatoms. The maximum atomic E-state index is 5.65. The largest absolute Gasteiger partial charge is 0.370 e. The summed E-state index contributed by atoms with van der Waals surface area (Å²) >= 11 is 3.54. The van der Waals surface area contributed by atoms with Crippen molar-refractivity contribution in [1.29, 1.82) is 0 Å². The number of hydrogen-bond donors (Lipinski definition) is 1. The van der Waals surface area contributed by atoms with Crippen LogP contribution in [0.4, 0.5) is 5.69 Å². The summed E-state index contributed by atoms with van der Waals surface area (Å²) in [6.07, 6.45) is 3.68. The zero-order valence-corrected chi connectivity index (χ0v) is 11.9. The summed E-state index contributed by atoms with van der Waals surface area (Å²) < 4.78 is 1.06. The van der Waals surface area contributed by atoms with E-state index in [1.165, 1.54) is 5.56 Å². The monoisotopic (exact) mass is 305 g/mol. The Balaban J connectivity index is 2.14. The second-order valence-corrected chi connectivity index (χ2v) is 5.05. The van der Waals surface area contributed by atoms with Gasteiger partial charge in [0.1, 0.15) is 0 Å². The van der Waals surface area contributed by atoms with Crippen LogP contribution >= 0.6 is 15.9 Å². The second kappa shape index (κ2) is 5.98. The molecule has 0 atom stereocenters. The van der Waals surface area contributed by atoms with Crippen molar-refractivity contribution >= 4 is 21.6 Å². The predicted molar refractivity (Wildman–Crippen MR) is 78.4 cm³/mol. The maximum Gasteiger partial charge on any atom is 0.0441 e. The first kappa shape index (κ1) is 13.1. The van der Waals surface area contributed by atoms with Crippen molar-refractivity contribution in [1.82, 2.24) is 4.98 Å². The quantitative estimate of drug-likeness (QED) is 0.944. The van der Waals surface area contributed by atoms with Gasteiger partial charge in [0.05, 0.1) is 0 Å². The highest BCUT2D eigenvalue weighted by Gasteiger charge is 2.05. The Kier molecular flexibility index (Phi) is 4.33. The Morgan fingerprint density at radius 2 is 2.17 bits per heavy atom. The summed E-state index contributed by atoms with van der Waals surface area (Å²) in [5, 5.41) is 0. The highest BCUT2D eigenvalue weighted by Crippen LogP contribution is 2.24. The van der Waals surface area contributed by atoms with Crippen molar-refractivity contribution in [3.8, 4) is 0 Å². The van der Waals surface area contributed by atoms with Crippen LogP contribution in [0.3, 0.4) is 0 Å². The number of pyridine rings is 1. The van der Waals surface area contributed by atoms with Crippen molar-refractivity contribution in [2.75, 3.05) is 11.9 Å². The molecule has 0 bridgehead atoms. The molecule has 0 aliphatic carbocycles. The van der Waals surface area contributed by atoms with E-state index in [2.05, 4.69) is 57.1 Å². The minimum atomic E-state index is 0.549. The summed E-state index contributed by atoms with van der Waals surface area (Å²) in [5.41, 5.74) is 9.12. The first-order chi connectivity index (χ1) is 8.70. The highest BCUT2D eigenvalue weighted by molar-refractivity contribution is 9.10. The molecule has 0 amide bonds. The van der Waals surface area contributed by atoms with E-state index in [-0.39, 0.29) is 0 Å². The lowest BCUT2D eigenvalue weighted by Gasteiger charge is -2.20. The van der Waals surface area contributed by atoms with Crippen molar-refractivity contribution in [3.05, 3.63) is 58.3 Å². The second-order valence-electron chi connectivity index (χ2n) is 4.20. The van der Waals surface area contributed by atoms with Gasteiger partial charge in [-0.2, -0.15) is 0 Å². The molecule has 0 radical (unpaired) electrons. The Morgan fingerprint density at radius 3 is 2.78 bits per heavy atom. The van der Waals surface area contributed by atoms with Crippen molar-refractivity contribution in [3.63, 3.8) is 0 Å². The molecule has 2 aromatic rings. The van der Waals surface area contributed by atoms with Gasteiger partial charge in [-0.15, -0.1) is 0 Å². The molecule has 1 aromatic heterocycles. The first-order valence-corrected chi connectivity index (χ1v) is 6.58. The van der Waals surface area contributed by atoms with Crippen LogP contribution in [0.5, 0.6) is 0 Å². The van der Waals surface area contributed by atoms with E-state index in [0.29, 0.717) is 6.54 Å². The van der Waals surface area contributed by atoms with Crippen LogP contribution in [0.15, 0.2) is 47.2 Å². The molecule has 0 fully saturated rings. The third-order valence-corrected chi connectivity index (χ3v) is 3.58. The third-order valence-electron chi connectivity index (χ3n) is 2.84. The van der Waals surface area contributed by atoms with Gasteiger partial charge in [-0.3, -0.25) is 4.98 Å². The minimum absolute atomic E-state index is 0.549. The fourth-order valence-corrected chi connectivity index (χ4v) is 2.32. The molecule has 2 N–H and O–H groups in total. The number of halogens is 1. The smallest absolute Gasteiger partial charge is 0.0441 e. The lowest BCUT2D eigenvalue weighted by atomic mass is 10.2. The summed E-state index contributed by atoms with van der Waals surface area (Å²) in [4.78, 5) is 6.31. The van der Waals surface area contributed by atoms with Gasteiger partial charge < -0.3 is 10.6 Å². The van der Waals surface area contributed by atoms with E-state index >= 15 is 0 Å². The molecule has 0 unspecified atom stereocenters. The van der Waals surface area contributed by atoms with Gasteiger partial charge >= 0.3 is 0 Å². The molecule has 0 saturated heterocycles. The molecule has 0 saturated carbocycles. The molecule has 0 spiro atoms. The van der Waals surface area contributed by atoms with E-state index < -0.39 is 0 Å². The molecule has 2 rings (SSSR count). The first-order valence-electron chi connectivity index (χ1n) is 5.79. The standard InChI is InChI=1S/C14H16BrN3/c1-18(10-11-3-2-6-17-9-11)13-5-4-12(8-16)14(15)7-13/h2-7,9H,8,10,16H2,1H3. The van der Waals surface area contributed by atoms with E-state index in [1.54, 1.807) is 6.20 Å². The maximum absolute atomic E-state index is 5.65. The van der Waals surface area contributed by atoms with Gasteiger partial charge in [-0.1, -0.05) is 28.1 Å². The van der Waals surface area contributed by atoms with Crippen LogP contribution in [-0.2, 0) is 13.1 Å². The average molecular weight is 306 g/mol. The number of rotatable bonds is 4. The SMILES string of the molecule is CN(Cc1cccnc1)c1ccc(CN)c(Br)c1. The molecule has 18 heavy (non-hydrogen) atoms. The van der Waals surface area contributed by atoms with Gasteiger partial charge in [0.25, 0.3) is 0 Å². The van der Waals surface area contributed by atoms with Crippen LogP contribution in [-0.4, -0.2) is 12.0 Å². The highest BCUT2D eigenvalue weighted by atomic mass is 79.9. The molecule has 0 aliphatic rings. The number of benzene rings is 1. The van der Waals surface area contributed by atoms with Crippen LogP contribution in [0.25, 0.3) is 0 Å².